The highest BCUT2D eigenvalue weighted by Crippen LogP contribution is 2.38. The molecule has 1 unspecified atom stereocenters. The minimum atomic E-state index is -0.223. The number of thioether (sulfide) groups is 1. The summed E-state index contributed by atoms with van der Waals surface area (Å²) in [6, 6.07) is 10.3. The van der Waals surface area contributed by atoms with Gasteiger partial charge in [0.15, 0.2) is 5.17 Å². The molecule has 130 valence electrons. The highest BCUT2D eigenvalue weighted by atomic mass is 79.9. The van der Waals surface area contributed by atoms with Crippen molar-refractivity contribution >= 4 is 55.8 Å². The van der Waals surface area contributed by atoms with Crippen molar-refractivity contribution < 1.29 is 4.79 Å². The third-order valence-corrected chi connectivity index (χ3v) is 6.51. The van der Waals surface area contributed by atoms with Crippen LogP contribution in [0.1, 0.15) is 28.6 Å². The number of rotatable bonds is 4. The Morgan fingerprint density at radius 2 is 2.28 bits per heavy atom. The van der Waals surface area contributed by atoms with E-state index < -0.39 is 0 Å². The average molecular weight is 437 g/mol. The first-order valence-electron chi connectivity index (χ1n) is 8.07. The Morgan fingerprint density at radius 3 is 3.08 bits per heavy atom. The van der Waals surface area contributed by atoms with E-state index in [2.05, 4.69) is 50.4 Å². The molecule has 0 bridgehead atoms. The molecule has 0 saturated heterocycles. The van der Waals surface area contributed by atoms with Crippen LogP contribution in [0.15, 0.2) is 45.3 Å². The molecule has 4 rings (SSSR count). The number of fused-ring (bicyclic) bond motifs is 3. The summed E-state index contributed by atoms with van der Waals surface area (Å²) in [7, 11) is 0. The number of thiophene rings is 1. The monoisotopic (exact) mass is 436 g/mol. The number of nitrogens with one attached hydrogen (secondary N) is 1. The van der Waals surface area contributed by atoms with E-state index in [-0.39, 0.29) is 12.2 Å². The van der Waals surface area contributed by atoms with Crippen LogP contribution in [0.2, 0.25) is 0 Å². The minimum Gasteiger partial charge on any atom is -0.298 e. The van der Waals surface area contributed by atoms with Crippen LogP contribution >= 0.6 is 39.0 Å². The van der Waals surface area contributed by atoms with Crippen LogP contribution in [-0.2, 0) is 5.75 Å². The highest BCUT2D eigenvalue weighted by molar-refractivity contribution is 9.10. The third kappa shape index (κ3) is 3.07. The van der Waals surface area contributed by atoms with Gasteiger partial charge in [-0.25, -0.2) is 0 Å². The summed E-state index contributed by atoms with van der Waals surface area (Å²) < 4.78 is 1.08. The lowest BCUT2D eigenvalue weighted by Crippen LogP contribution is -2.58. The molecule has 0 radical (unpaired) electrons. The molecule has 1 amide bonds. The van der Waals surface area contributed by atoms with Gasteiger partial charge in [-0.3, -0.25) is 20.0 Å². The molecule has 1 atom stereocenters. The van der Waals surface area contributed by atoms with Gasteiger partial charge in [-0.1, -0.05) is 46.7 Å². The molecular formula is C17H17BrN4OS2. The summed E-state index contributed by atoms with van der Waals surface area (Å²) >= 11 is 6.69. The van der Waals surface area contributed by atoms with E-state index >= 15 is 0 Å². The summed E-state index contributed by atoms with van der Waals surface area (Å²) in [5.74, 6) is 0.915. The molecule has 2 aliphatic heterocycles. The minimum absolute atomic E-state index is 0.0917. The van der Waals surface area contributed by atoms with Gasteiger partial charge < -0.3 is 0 Å². The van der Waals surface area contributed by atoms with E-state index in [4.69, 9.17) is 0 Å². The molecule has 8 heteroatoms. The normalized spacial score (nSPS) is 18.7. The second kappa shape index (κ2) is 7.01. The lowest BCUT2D eigenvalue weighted by molar-refractivity contribution is 0.0648. The first kappa shape index (κ1) is 16.9. The summed E-state index contributed by atoms with van der Waals surface area (Å²) in [4.78, 5) is 17.6. The van der Waals surface area contributed by atoms with Crippen molar-refractivity contribution in [3.8, 4) is 0 Å². The van der Waals surface area contributed by atoms with Gasteiger partial charge in [-0.15, -0.1) is 11.3 Å². The van der Waals surface area contributed by atoms with E-state index in [9.17, 15) is 4.79 Å². The van der Waals surface area contributed by atoms with Crippen molar-refractivity contribution in [3.05, 3.63) is 50.6 Å². The second-order valence-corrected chi connectivity index (χ2v) is 8.59. The van der Waals surface area contributed by atoms with Crippen molar-refractivity contribution in [3.63, 3.8) is 0 Å². The predicted molar refractivity (Wildman–Crippen MR) is 108 cm³/mol. The maximum absolute atomic E-state index is 12.7. The lowest BCUT2D eigenvalue weighted by Gasteiger charge is -2.39. The molecule has 0 saturated carbocycles. The molecule has 1 aromatic heterocycles. The van der Waals surface area contributed by atoms with Crippen LogP contribution in [0.3, 0.4) is 0 Å². The van der Waals surface area contributed by atoms with Crippen LogP contribution in [0, 0.1) is 0 Å². The molecule has 0 aliphatic carbocycles. The fraction of sp³-hybridized carbons (Fsp3) is 0.294. The molecule has 2 aromatic rings. The van der Waals surface area contributed by atoms with E-state index in [1.807, 2.05) is 28.5 Å². The number of benzene rings is 1. The summed E-state index contributed by atoms with van der Waals surface area (Å²) in [6.45, 7) is 2.80. The standard InChI is InChI=1S/C17H17BrN4OS2/c1-2-7-21-15(23)14-13(6-8-24-14)22-16(21)19-20-17(22)25-10-11-4-3-5-12(18)9-11/h3-6,8-9,16,19H,2,7,10H2,1H3. The number of halogens is 1. The number of nitrogens with zero attached hydrogens (tertiary/aromatic N) is 3. The zero-order valence-corrected chi connectivity index (χ0v) is 16.8. The maximum Gasteiger partial charge on any atom is 0.269 e. The quantitative estimate of drug-likeness (QED) is 0.776. The average Bonchev–Trinajstić information content (AvgIpc) is 3.23. The number of amidine groups is 1. The predicted octanol–water partition coefficient (Wildman–Crippen LogP) is 4.27. The smallest absolute Gasteiger partial charge is 0.269 e. The maximum atomic E-state index is 12.7. The molecule has 1 N–H and O–H groups in total. The van der Waals surface area contributed by atoms with Gasteiger partial charge >= 0.3 is 0 Å². The SMILES string of the molecule is CCCN1C(=O)c2sccc2N2C(SCc3cccc(Br)c3)=NNC12. The Morgan fingerprint density at radius 1 is 1.40 bits per heavy atom. The largest absolute Gasteiger partial charge is 0.298 e. The van der Waals surface area contributed by atoms with Gasteiger partial charge in [-0.05, 0) is 35.6 Å². The van der Waals surface area contributed by atoms with E-state index in [0.717, 1.165) is 32.4 Å². The summed E-state index contributed by atoms with van der Waals surface area (Å²) in [5.41, 5.74) is 5.33. The van der Waals surface area contributed by atoms with Crippen molar-refractivity contribution in [1.82, 2.24) is 10.3 Å². The van der Waals surface area contributed by atoms with Gasteiger partial charge in [0.25, 0.3) is 5.91 Å². The van der Waals surface area contributed by atoms with Crippen LogP contribution in [-0.4, -0.2) is 28.8 Å². The Hall–Kier alpha value is -1.51. The van der Waals surface area contributed by atoms with Gasteiger partial charge in [0, 0.05) is 16.8 Å². The van der Waals surface area contributed by atoms with Crippen molar-refractivity contribution in [2.24, 2.45) is 5.10 Å². The molecule has 1 aromatic carbocycles. The topological polar surface area (TPSA) is 47.9 Å². The molecule has 25 heavy (non-hydrogen) atoms. The van der Waals surface area contributed by atoms with Gasteiger partial charge in [0.2, 0.25) is 6.29 Å². The number of carbonyl (C=O) groups is 1. The number of hydrogen-bond acceptors (Lipinski definition) is 6. The fourth-order valence-corrected chi connectivity index (χ4v) is 5.22. The fourth-order valence-electron chi connectivity index (χ4n) is 3.01. The van der Waals surface area contributed by atoms with Crippen molar-refractivity contribution in [2.75, 3.05) is 11.4 Å². The van der Waals surface area contributed by atoms with E-state index in [1.54, 1.807) is 11.8 Å². The third-order valence-electron chi connectivity index (χ3n) is 4.10. The lowest BCUT2D eigenvalue weighted by atomic mass is 10.2. The van der Waals surface area contributed by atoms with E-state index in [0.29, 0.717) is 6.54 Å². The Balaban J connectivity index is 1.58. The van der Waals surface area contributed by atoms with E-state index in [1.165, 1.54) is 16.9 Å². The number of carbonyl (C=O) groups excluding carboxylic acids is 1. The molecular weight excluding hydrogens is 420 g/mol. The first-order valence-corrected chi connectivity index (χ1v) is 10.7. The summed E-state index contributed by atoms with van der Waals surface area (Å²) in [5, 5.41) is 7.40. The number of hydrazone groups is 1. The number of hydrogen-bond donors (Lipinski definition) is 1. The Kier molecular flexibility index (Phi) is 4.75. The zero-order chi connectivity index (χ0) is 17.4. The van der Waals surface area contributed by atoms with Gasteiger partial charge in [-0.2, -0.15) is 5.10 Å². The Bertz CT molecular complexity index is 838. The molecule has 2 aliphatic rings. The van der Waals surface area contributed by atoms with Crippen molar-refractivity contribution in [2.45, 2.75) is 25.4 Å². The first-order chi connectivity index (χ1) is 12.2. The van der Waals surface area contributed by atoms with Crippen LogP contribution in [0.4, 0.5) is 5.69 Å². The molecule has 0 fully saturated rings. The van der Waals surface area contributed by atoms with Crippen LogP contribution in [0.5, 0.6) is 0 Å². The number of amides is 1. The highest BCUT2D eigenvalue weighted by Gasteiger charge is 2.43. The summed E-state index contributed by atoms with van der Waals surface area (Å²) in [6.07, 6.45) is 0.693. The van der Waals surface area contributed by atoms with Crippen LogP contribution in [0.25, 0.3) is 0 Å². The van der Waals surface area contributed by atoms with Crippen molar-refractivity contribution in [1.29, 1.82) is 0 Å². The van der Waals surface area contributed by atoms with Crippen LogP contribution < -0.4 is 10.3 Å². The molecule has 3 heterocycles. The Labute approximate surface area is 163 Å². The van der Waals surface area contributed by atoms with Gasteiger partial charge in [0.1, 0.15) is 4.88 Å². The molecule has 0 spiro atoms. The zero-order valence-electron chi connectivity index (χ0n) is 13.6. The second-order valence-electron chi connectivity index (χ2n) is 5.82. The number of anilines is 1. The van der Waals surface area contributed by atoms with Gasteiger partial charge in [0.05, 0.1) is 5.69 Å². The molecule has 5 nitrogen and oxygen atoms in total.